The maximum absolute atomic E-state index is 9.11. The second-order valence-electron chi connectivity index (χ2n) is 4.19. The summed E-state index contributed by atoms with van der Waals surface area (Å²) in [5, 5.41) is 12.3. The summed E-state index contributed by atoms with van der Waals surface area (Å²) in [5.74, 6) is 0.678. The number of hydrogen-bond acceptors (Lipinski definition) is 3. The zero-order valence-electron chi connectivity index (χ0n) is 11.3. The molecule has 2 aromatic rings. The van der Waals surface area contributed by atoms with Gasteiger partial charge in [0, 0.05) is 6.54 Å². The molecule has 0 fully saturated rings. The van der Waals surface area contributed by atoms with Crippen molar-refractivity contribution in [2.24, 2.45) is 0 Å². The zero-order chi connectivity index (χ0) is 14.2. The summed E-state index contributed by atoms with van der Waals surface area (Å²) >= 11 is 0. The molecule has 3 heteroatoms. The second-order valence-corrected chi connectivity index (χ2v) is 4.19. The number of rotatable bonds is 5. The summed E-state index contributed by atoms with van der Waals surface area (Å²) in [5.41, 5.74) is 2.46. The van der Waals surface area contributed by atoms with Crippen LogP contribution in [0.4, 0.5) is 5.69 Å². The Morgan fingerprint density at radius 3 is 2.65 bits per heavy atom. The highest BCUT2D eigenvalue weighted by atomic mass is 16.5. The van der Waals surface area contributed by atoms with Gasteiger partial charge in [0.15, 0.2) is 0 Å². The van der Waals surface area contributed by atoms with E-state index in [1.807, 2.05) is 54.6 Å². The second kappa shape index (κ2) is 7.01. The predicted octanol–water partition coefficient (Wildman–Crippen LogP) is 3.69. The highest BCUT2D eigenvalue weighted by molar-refractivity contribution is 5.66. The Balaban J connectivity index is 2.05. The van der Waals surface area contributed by atoms with Gasteiger partial charge >= 0.3 is 0 Å². The predicted molar refractivity (Wildman–Crippen MR) is 81.7 cm³/mol. The van der Waals surface area contributed by atoms with Crippen molar-refractivity contribution in [2.45, 2.75) is 0 Å². The van der Waals surface area contributed by atoms with Gasteiger partial charge in [-0.05, 0) is 17.7 Å². The van der Waals surface area contributed by atoms with Gasteiger partial charge < -0.3 is 10.1 Å². The monoisotopic (exact) mass is 264 g/mol. The molecule has 0 saturated heterocycles. The summed E-state index contributed by atoms with van der Waals surface area (Å²) in [4.78, 5) is 0. The average molecular weight is 264 g/mol. The molecule has 0 spiro atoms. The Hall–Kier alpha value is -2.73. The van der Waals surface area contributed by atoms with Crippen molar-refractivity contribution < 1.29 is 4.74 Å². The fraction of sp³-hybridized carbons (Fsp3) is 0.118. The Morgan fingerprint density at radius 1 is 1.15 bits per heavy atom. The van der Waals surface area contributed by atoms with Gasteiger partial charge in [-0.25, -0.2) is 0 Å². The number of nitriles is 1. The molecule has 2 rings (SSSR count). The number of nitrogens with zero attached hydrogens (tertiary/aromatic N) is 1. The fourth-order valence-corrected chi connectivity index (χ4v) is 1.90. The molecule has 0 aliphatic heterocycles. The Morgan fingerprint density at radius 2 is 1.95 bits per heavy atom. The summed E-state index contributed by atoms with van der Waals surface area (Å²) in [6, 6.07) is 17.7. The average Bonchev–Trinajstić information content (AvgIpc) is 2.52. The van der Waals surface area contributed by atoms with Gasteiger partial charge in [-0.15, -0.1) is 0 Å². The van der Waals surface area contributed by atoms with Crippen LogP contribution in [0.5, 0.6) is 5.75 Å². The number of hydrogen-bond donors (Lipinski definition) is 1. The van der Waals surface area contributed by atoms with Crippen LogP contribution in [0.1, 0.15) is 11.1 Å². The van der Waals surface area contributed by atoms with Crippen molar-refractivity contribution in [3.05, 3.63) is 65.7 Å². The van der Waals surface area contributed by atoms with Crippen molar-refractivity contribution in [3.8, 4) is 11.8 Å². The summed E-state index contributed by atoms with van der Waals surface area (Å²) in [6.07, 6.45) is 4.05. The lowest BCUT2D eigenvalue weighted by Crippen LogP contribution is -2.02. The van der Waals surface area contributed by atoms with E-state index in [-0.39, 0.29) is 0 Å². The van der Waals surface area contributed by atoms with Crippen LogP contribution in [-0.2, 0) is 0 Å². The molecule has 2 aromatic carbocycles. The minimum Gasteiger partial charge on any atom is -0.495 e. The molecular formula is C17H16N2O. The minimum absolute atomic E-state index is 0.581. The number of benzene rings is 2. The van der Waals surface area contributed by atoms with Gasteiger partial charge in [-0.2, -0.15) is 5.26 Å². The Kier molecular flexibility index (Phi) is 4.80. The van der Waals surface area contributed by atoms with E-state index in [9.17, 15) is 0 Å². The topological polar surface area (TPSA) is 45.0 Å². The van der Waals surface area contributed by atoms with Crippen molar-refractivity contribution in [2.75, 3.05) is 19.0 Å². The van der Waals surface area contributed by atoms with E-state index in [0.29, 0.717) is 17.9 Å². The van der Waals surface area contributed by atoms with Crippen LogP contribution in [0.2, 0.25) is 0 Å². The van der Waals surface area contributed by atoms with Crippen molar-refractivity contribution in [1.29, 1.82) is 5.26 Å². The molecule has 0 atom stereocenters. The zero-order valence-corrected chi connectivity index (χ0v) is 11.3. The lowest BCUT2D eigenvalue weighted by atomic mass is 10.1. The first-order valence-electron chi connectivity index (χ1n) is 6.37. The van der Waals surface area contributed by atoms with Gasteiger partial charge in [-0.1, -0.05) is 48.6 Å². The number of methoxy groups -OCH3 is 1. The molecule has 3 nitrogen and oxygen atoms in total. The molecule has 0 aliphatic rings. The third kappa shape index (κ3) is 3.39. The normalized spacial score (nSPS) is 10.2. The van der Waals surface area contributed by atoms with Crippen LogP contribution in [0.25, 0.3) is 6.08 Å². The maximum atomic E-state index is 9.11. The van der Waals surface area contributed by atoms with Crippen molar-refractivity contribution >= 4 is 11.8 Å². The molecule has 0 aliphatic carbocycles. The third-order valence-corrected chi connectivity index (χ3v) is 2.87. The Labute approximate surface area is 119 Å². The number of ether oxygens (including phenoxy) is 1. The molecular weight excluding hydrogens is 248 g/mol. The van der Waals surface area contributed by atoms with Crippen LogP contribution >= 0.6 is 0 Å². The lowest BCUT2D eigenvalue weighted by Gasteiger charge is -2.10. The van der Waals surface area contributed by atoms with E-state index in [0.717, 1.165) is 11.3 Å². The fourth-order valence-electron chi connectivity index (χ4n) is 1.90. The van der Waals surface area contributed by atoms with Gasteiger partial charge in [-0.3, -0.25) is 0 Å². The van der Waals surface area contributed by atoms with Crippen molar-refractivity contribution in [1.82, 2.24) is 0 Å². The summed E-state index contributed by atoms with van der Waals surface area (Å²) in [7, 11) is 1.60. The Bertz CT molecular complexity index is 627. The van der Waals surface area contributed by atoms with Crippen LogP contribution in [0.15, 0.2) is 54.6 Å². The lowest BCUT2D eigenvalue weighted by molar-refractivity contribution is 0.416. The van der Waals surface area contributed by atoms with Gasteiger partial charge in [0.1, 0.15) is 11.8 Å². The van der Waals surface area contributed by atoms with E-state index in [2.05, 4.69) is 11.4 Å². The molecule has 0 aromatic heterocycles. The number of nitrogens with one attached hydrogen (secondary N) is 1. The van der Waals surface area contributed by atoms with E-state index in [1.54, 1.807) is 13.2 Å². The molecule has 0 saturated carbocycles. The van der Waals surface area contributed by atoms with E-state index < -0.39 is 0 Å². The SMILES string of the molecule is COc1cccc(C#N)c1NC/C=C/c1ccccc1. The summed E-state index contributed by atoms with van der Waals surface area (Å²) in [6.45, 7) is 0.629. The van der Waals surface area contributed by atoms with Gasteiger partial charge in [0.05, 0.1) is 18.4 Å². The third-order valence-electron chi connectivity index (χ3n) is 2.87. The number of anilines is 1. The first-order valence-corrected chi connectivity index (χ1v) is 6.37. The molecule has 20 heavy (non-hydrogen) atoms. The first kappa shape index (κ1) is 13.7. The van der Waals surface area contributed by atoms with Crippen LogP contribution in [0, 0.1) is 11.3 Å². The van der Waals surface area contributed by atoms with Crippen LogP contribution in [-0.4, -0.2) is 13.7 Å². The van der Waals surface area contributed by atoms with E-state index in [1.165, 1.54) is 0 Å². The van der Waals surface area contributed by atoms with Crippen LogP contribution in [0.3, 0.4) is 0 Å². The molecule has 0 radical (unpaired) electrons. The van der Waals surface area contributed by atoms with Gasteiger partial charge in [0.2, 0.25) is 0 Å². The van der Waals surface area contributed by atoms with E-state index in [4.69, 9.17) is 10.00 Å². The maximum Gasteiger partial charge on any atom is 0.143 e. The molecule has 1 N–H and O–H groups in total. The summed E-state index contributed by atoms with van der Waals surface area (Å²) < 4.78 is 5.27. The van der Waals surface area contributed by atoms with E-state index >= 15 is 0 Å². The highest BCUT2D eigenvalue weighted by Crippen LogP contribution is 2.27. The molecule has 0 unspecified atom stereocenters. The first-order chi connectivity index (χ1) is 9.85. The number of para-hydroxylation sites is 1. The highest BCUT2D eigenvalue weighted by Gasteiger charge is 2.06. The minimum atomic E-state index is 0.581. The largest absolute Gasteiger partial charge is 0.495 e. The molecule has 0 amide bonds. The smallest absolute Gasteiger partial charge is 0.143 e. The standard InChI is InChI=1S/C17H16N2O/c1-20-16-11-5-10-15(13-18)17(16)19-12-6-9-14-7-3-2-4-8-14/h2-11,19H,12H2,1H3/b9-6+. The van der Waals surface area contributed by atoms with Crippen LogP contribution < -0.4 is 10.1 Å². The quantitative estimate of drug-likeness (QED) is 0.895. The molecule has 100 valence electrons. The molecule has 0 bridgehead atoms. The van der Waals surface area contributed by atoms with Crippen molar-refractivity contribution in [3.63, 3.8) is 0 Å². The van der Waals surface area contributed by atoms with Gasteiger partial charge in [0.25, 0.3) is 0 Å². The molecule has 0 heterocycles.